The van der Waals surface area contributed by atoms with Crippen LogP contribution in [0.2, 0.25) is 10.0 Å². The predicted octanol–water partition coefficient (Wildman–Crippen LogP) is 6.33. The van der Waals surface area contributed by atoms with Crippen LogP contribution in [-0.4, -0.2) is 35.3 Å². The number of methoxy groups -OCH3 is 1. The highest BCUT2D eigenvalue weighted by atomic mass is 35.5. The molecule has 1 aliphatic carbocycles. The first-order chi connectivity index (χ1) is 14.0. The van der Waals surface area contributed by atoms with Crippen molar-refractivity contribution in [1.82, 2.24) is 9.97 Å². The molecule has 0 amide bonds. The van der Waals surface area contributed by atoms with Crippen molar-refractivity contribution in [3.63, 3.8) is 0 Å². The molecular weight excluding hydrogens is 449 g/mol. The van der Waals surface area contributed by atoms with Gasteiger partial charge >= 0.3 is 5.97 Å². The minimum Gasteiger partial charge on any atom is -0.465 e. The normalized spacial score (nSPS) is 14.6. The summed E-state index contributed by atoms with van der Waals surface area (Å²) in [5, 5.41) is 5.71. The van der Waals surface area contributed by atoms with E-state index in [9.17, 15) is 4.79 Å². The van der Waals surface area contributed by atoms with Crippen LogP contribution in [0.15, 0.2) is 28.4 Å². The quantitative estimate of drug-likeness (QED) is 0.219. The van der Waals surface area contributed by atoms with Crippen LogP contribution in [0.4, 0.5) is 5.82 Å². The van der Waals surface area contributed by atoms with E-state index in [4.69, 9.17) is 27.9 Å². The van der Waals surface area contributed by atoms with Gasteiger partial charge in [0, 0.05) is 11.8 Å². The van der Waals surface area contributed by atoms with Gasteiger partial charge in [-0.15, -0.1) is 11.8 Å². The molecule has 1 fully saturated rings. The molecule has 0 unspecified atom stereocenters. The highest BCUT2D eigenvalue weighted by molar-refractivity contribution is 7.99. The molecule has 1 aromatic carbocycles. The fourth-order valence-electron chi connectivity index (χ4n) is 3.23. The summed E-state index contributed by atoms with van der Waals surface area (Å²) in [5.41, 5.74) is 1.38. The first-order valence-corrected chi connectivity index (χ1v) is 12.4. The molecule has 0 radical (unpaired) electrons. The van der Waals surface area contributed by atoms with E-state index in [0.29, 0.717) is 43.4 Å². The number of carbonyl (C=O) groups excluding carboxylic acids is 1. The van der Waals surface area contributed by atoms with E-state index in [1.807, 2.05) is 18.4 Å². The standard InChI is InChI=1S/C20H23Cl2N3O2S2/c1-27-19(26)16-17(23-13-6-4-3-5-7-13)24-20(28-2)25-18(16)29-11-12-8-9-14(21)15(22)10-12/h8-10,13H,3-7,11H2,1-2H3,(H,23,24,25). The van der Waals surface area contributed by atoms with Crippen molar-refractivity contribution < 1.29 is 9.53 Å². The van der Waals surface area contributed by atoms with Gasteiger partial charge in [-0.2, -0.15) is 0 Å². The van der Waals surface area contributed by atoms with E-state index in [1.54, 1.807) is 6.07 Å². The number of hydrogen-bond donors (Lipinski definition) is 1. The van der Waals surface area contributed by atoms with Crippen LogP contribution in [-0.2, 0) is 10.5 Å². The lowest BCUT2D eigenvalue weighted by Gasteiger charge is -2.24. The van der Waals surface area contributed by atoms with Crippen molar-refractivity contribution >= 4 is 58.5 Å². The van der Waals surface area contributed by atoms with Gasteiger partial charge in [-0.05, 0) is 36.8 Å². The lowest BCUT2D eigenvalue weighted by atomic mass is 9.95. The highest BCUT2D eigenvalue weighted by Gasteiger charge is 2.25. The Labute approximate surface area is 189 Å². The molecule has 0 aliphatic heterocycles. The first kappa shape index (κ1) is 22.5. The Morgan fingerprint density at radius 1 is 1.21 bits per heavy atom. The number of hydrogen-bond acceptors (Lipinski definition) is 7. The lowest BCUT2D eigenvalue weighted by molar-refractivity contribution is 0.0596. The van der Waals surface area contributed by atoms with E-state index in [-0.39, 0.29) is 0 Å². The largest absolute Gasteiger partial charge is 0.465 e. The fraction of sp³-hybridized carbons (Fsp3) is 0.450. The zero-order valence-electron chi connectivity index (χ0n) is 16.3. The number of nitrogens with one attached hydrogen (secondary N) is 1. The molecule has 0 atom stereocenters. The molecule has 0 bridgehead atoms. The van der Waals surface area contributed by atoms with Crippen LogP contribution in [0.5, 0.6) is 0 Å². The third kappa shape index (κ3) is 5.94. The van der Waals surface area contributed by atoms with Crippen LogP contribution in [0, 0.1) is 0 Å². The maximum absolute atomic E-state index is 12.6. The number of rotatable bonds is 7. The Balaban J connectivity index is 1.91. The second kappa shape index (κ2) is 10.8. The zero-order chi connectivity index (χ0) is 20.8. The van der Waals surface area contributed by atoms with Gasteiger partial charge in [0.2, 0.25) is 0 Å². The van der Waals surface area contributed by atoms with Gasteiger partial charge in [0.25, 0.3) is 0 Å². The third-order valence-corrected chi connectivity index (χ3v) is 7.07. The molecule has 0 spiro atoms. The smallest absolute Gasteiger partial charge is 0.344 e. The monoisotopic (exact) mass is 471 g/mol. The summed E-state index contributed by atoms with van der Waals surface area (Å²) in [6.07, 6.45) is 7.70. The molecule has 29 heavy (non-hydrogen) atoms. The van der Waals surface area contributed by atoms with Crippen molar-refractivity contribution in [3.8, 4) is 0 Å². The molecule has 1 aliphatic rings. The number of aromatic nitrogens is 2. The summed E-state index contributed by atoms with van der Waals surface area (Å²) in [6, 6.07) is 5.82. The van der Waals surface area contributed by atoms with Crippen molar-refractivity contribution in [2.45, 2.75) is 54.1 Å². The lowest BCUT2D eigenvalue weighted by Crippen LogP contribution is -2.25. The summed E-state index contributed by atoms with van der Waals surface area (Å²) < 4.78 is 5.05. The van der Waals surface area contributed by atoms with Crippen LogP contribution < -0.4 is 5.32 Å². The number of esters is 1. The van der Waals surface area contributed by atoms with Gasteiger partial charge in [-0.1, -0.05) is 60.3 Å². The SMILES string of the molecule is COC(=O)c1c(NC2CCCCC2)nc(SC)nc1SCc1ccc(Cl)c(Cl)c1. The first-order valence-electron chi connectivity index (χ1n) is 9.39. The second-order valence-electron chi connectivity index (χ2n) is 6.75. The molecule has 1 N–H and O–H groups in total. The van der Waals surface area contributed by atoms with E-state index < -0.39 is 5.97 Å². The third-order valence-electron chi connectivity index (χ3n) is 4.73. The van der Waals surface area contributed by atoms with Gasteiger partial charge in [0.05, 0.1) is 17.2 Å². The summed E-state index contributed by atoms with van der Waals surface area (Å²) in [6.45, 7) is 0. The van der Waals surface area contributed by atoms with Gasteiger partial charge in [0.1, 0.15) is 16.4 Å². The van der Waals surface area contributed by atoms with E-state index in [2.05, 4.69) is 15.3 Å². The average Bonchev–Trinajstić information content (AvgIpc) is 2.74. The Kier molecular flexibility index (Phi) is 8.35. The summed E-state index contributed by atoms with van der Waals surface area (Å²) >= 11 is 15.0. The van der Waals surface area contributed by atoms with Crippen molar-refractivity contribution in [2.75, 3.05) is 18.7 Å². The molecule has 5 nitrogen and oxygen atoms in total. The van der Waals surface area contributed by atoms with Crippen LogP contribution in [0.1, 0.15) is 48.0 Å². The van der Waals surface area contributed by atoms with Crippen molar-refractivity contribution in [2.24, 2.45) is 0 Å². The minimum atomic E-state index is -0.437. The summed E-state index contributed by atoms with van der Waals surface area (Å²) in [4.78, 5) is 21.8. The maximum atomic E-state index is 12.6. The molecule has 156 valence electrons. The number of carbonyl (C=O) groups is 1. The Morgan fingerprint density at radius 3 is 2.62 bits per heavy atom. The molecule has 9 heteroatoms. The summed E-state index contributed by atoms with van der Waals surface area (Å²) in [5.74, 6) is 0.710. The molecule has 3 rings (SSSR count). The Morgan fingerprint density at radius 2 is 1.97 bits per heavy atom. The topological polar surface area (TPSA) is 64.1 Å². The molecule has 0 saturated heterocycles. The second-order valence-corrected chi connectivity index (χ2v) is 9.30. The van der Waals surface area contributed by atoms with Gasteiger partial charge < -0.3 is 10.1 Å². The fourth-order valence-corrected chi connectivity index (χ4v) is 4.93. The maximum Gasteiger partial charge on any atom is 0.344 e. The van der Waals surface area contributed by atoms with E-state index in [1.165, 1.54) is 49.9 Å². The number of halogens is 2. The predicted molar refractivity (Wildman–Crippen MR) is 122 cm³/mol. The van der Waals surface area contributed by atoms with E-state index >= 15 is 0 Å². The van der Waals surface area contributed by atoms with Crippen LogP contribution in [0.25, 0.3) is 0 Å². The average molecular weight is 472 g/mol. The Hall–Kier alpha value is -1.15. The van der Waals surface area contributed by atoms with Crippen LogP contribution >= 0.6 is 46.7 Å². The summed E-state index contributed by atoms with van der Waals surface area (Å²) in [7, 11) is 1.38. The van der Waals surface area contributed by atoms with Crippen LogP contribution in [0.3, 0.4) is 0 Å². The number of anilines is 1. The molecule has 1 saturated carbocycles. The van der Waals surface area contributed by atoms with E-state index in [0.717, 1.165) is 18.4 Å². The number of ether oxygens (including phenoxy) is 1. The van der Waals surface area contributed by atoms with Gasteiger partial charge in [-0.3, -0.25) is 0 Å². The number of benzene rings is 1. The van der Waals surface area contributed by atoms with Gasteiger partial charge in [0.15, 0.2) is 5.16 Å². The molecule has 1 heterocycles. The van der Waals surface area contributed by atoms with Gasteiger partial charge in [-0.25, -0.2) is 14.8 Å². The number of nitrogens with zero attached hydrogens (tertiary/aromatic N) is 2. The molecule has 2 aromatic rings. The zero-order valence-corrected chi connectivity index (χ0v) is 19.5. The van der Waals surface area contributed by atoms with Crippen molar-refractivity contribution in [3.05, 3.63) is 39.4 Å². The Bertz CT molecular complexity index is 877. The minimum absolute atomic E-state index is 0.310. The highest BCUT2D eigenvalue weighted by Crippen LogP contribution is 2.33. The molecular formula is C20H23Cl2N3O2S2. The van der Waals surface area contributed by atoms with Crippen molar-refractivity contribution in [1.29, 1.82) is 0 Å². The molecule has 1 aromatic heterocycles. The number of thioether (sulfide) groups is 2.